The predicted molar refractivity (Wildman–Crippen MR) is 129 cm³/mol. The zero-order valence-electron chi connectivity index (χ0n) is 21.2. The van der Waals surface area contributed by atoms with Crippen molar-refractivity contribution in [2.75, 3.05) is 13.1 Å². The topological polar surface area (TPSA) is 266 Å². The van der Waals surface area contributed by atoms with Crippen molar-refractivity contribution in [2.45, 2.75) is 76.2 Å². The van der Waals surface area contributed by atoms with Crippen LogP contribution in [0.5, 0.6) is 0 Å². The minimum atomic E-state index is -1.69. The molecule has 1 fully saturated rings. The van der Waals surface area contributed by atoms with Gasteiger partial charge in [0.25, 0.3) is 0 Å². The van der Waals surface area contributed by atoms with Gasteiger partial charge in [-0.2, -0.15) is 0 Å². The van der Waals surface area contributed by atoms with Crippen molar-refractivity contribution in [3.63, 3.8) is 0 Å². The first-order valence-corrected chi connectivity index (χ1v) is 12.0. The summed E-state index contributed by atoms with van der Waals surface area (Å²) in [4.78, 5) is 84.0. The van der Waals surface area contributed by atoms with Crippen LogP contribution in [0.3, 0.4) is 0 Å². The summed E-state index contributed by atoms with van der Waals surface area (Å²) in [5.41, 5.74) is 5.12. The summed E-state index contributed by atoms with van der Waals surface area (Å²) < 4.78 is 0. The second-order valence-electron chi connectivity index (χ2n) is 9.38. The highest BCUT2D eigenvalue weighted by atomic mass is 16.4. The molecule has 1 heterocycles. The van der Waals surface area contributed by atoms with Gasteiger partial charge in [0.05, 0.1) is 25.1 Å². The predicted octanol–water partition coefficient (Wildman–Crippen LogP) is -3.85. The highest BCUT2D eigenvalue weighted by molar-refractivity contribution is 5.96. The fraction of sp³-hybridized carbons (Fsp3) is 0.682. The lowest BCUT2D eigenvalue weighted by Crippen LogP contribution is -2.57. The summed E-state index contributed by atoms with van der Waals surface area (Å²) in [5, 5.41) is 39.8. The molecule has 0 unspecified atom stereocenters. The van der Waals surface area contributed by atoms with Crippen LogP contribution in [0.1, 0.15) is 46.0 Å². The number of aliphatic hydroxyl groups is 1. The smallest absolute Gasteiger partial charge is 0.326 e. The minimum Gasteiger partial charge on any atom is -0.481 e. The Morgan fingerprint density at radius 2 is 1.55 bits per heavy atom. The number of aliphatic hydroxyl groups excluding tert-OH is 1. The molecule has 0 aromatic rings. The quantitative estimate of drug-likeness (QED) is 0.0907. The van der Waals surface area contributed by atoms with Crippen molar-refractivity contribution in [3.05, 3.63) is 0 Å². The van der Waals surface area contributed by atoms with Gasteiger partial charge in [-0.05, 0) is 25.2 Å². The molecule has 0 spiro atoms. The van der Waals surface area contributed by atoms with Crippen molar-refractivity contribution in [1.82, 2.24) is 26.6 Å². The van der Waals surface area contributed by atoms with Crippen LogP contribution in [-0.4, -0.2) is 100 Å². The minimum absolute atomic E-state index is 0.0488. The molecule has 16 nitrogen and oxygen atoms in total. The maximum absolute atomic E-state index is 12.9. The second kappa shape index (κ2) is 15.5. The van der Waals surface area contributed by atoms with Crippen LogP contribution in [0.15, 0.2) is 0 Å². The lowest BCUT2D eigenvalue weighted by atomic mass is 10.0. The van der Waals surface area contributed by atoms with Crippen molar-refractivity contribution in [3.8, 4) is 0 Å². The third kappa shape index (κ3) is 12.0. The first-order valence-electron chi connectivity index (χ1n) is 12.0. The third-order valence-electron chi connectivity index (χ3n) is 5.51. The van der Waals surface area contributed by atoms with E-state index in [2.05, 4.69) is 26.6 Å². The number of nitrogens with one attached hydrogen (secondary N) is 5. The second-order valence-corrected chi connectivity index (χ2v) is 9.38. The molecule has 16 heteroatoms. The maximum Gasteiger partial charge on any atom is 0.326 e. The van der Waals surface area contributed by atoms with Gasteiger partial charge in [-0.1, -0.05) is 13.8 Å². The number of nitrogens with two attached hydrogens (primary N) is 1. The average Bonchev–Trinajstić information content (AvgIpc) is 3.24. The Morgan fingerprint density at radius 3 is 2.05 bits per heavy atom. The Balaban J connectivity index is 2.88. The monoisotopic (exact) mass is 544 g/mol. The summed E-state index contributed by atoms with van der Waals surface area (Å²) in [6, 6.07) is -5.16. The molecule has 1 saturated heterocycles. The molecule has 0 radical (unpaired) electrons. The number of carboxylic acids is 2. The molecule has 5 amide bonds. The number of carbonyl (C=O) groups is 7. The van der Waals surface area contributed by atoms with Gasteiger partial charge in [0.15, 0.2) is 0 Å². The van der Waals surface area contributed by atoms with Crippen LogP contribution < -0.4 is 32.3 Å². The molecule has 0 aliphatic carbocycles. The van der Waals surface area contributed by atoms with Gasteiger partial charge in [-0.15, -0.1) is 0 Å². The number of β-amino-alcohol motifs (C(OH)–C–C–N with tert-alkyl or cyclic N) is 1. The fourth-order valence-corrected chi connectivity index (χ4v) is 3.63. The summed E-state index contributed by atoms with van der Waals surface area (Å²) in [6.45, 7) is 3.11. The Labute approximate surface area is 218 Å². The summed E-state index contributed by atoms with van der Waals surface area (Å²) in [6.07, 6.45) is -2.03. The van der Waals surface area contributed by atoms with Crippen molar-refractivity contribution in [2.24, 2.45) is 11.7 Å². The van der Waals surface area contributed by atoms with E-state index in [1.54, 1.807) is 13.8 Å². The molecule has 1 rings (SSSR count). The zero-order chi connectivity index (χ0) is 29.0. The zero-order valence-corrected chi connectivity index (χ0v) is 21.2. The Kier molecular flexibility index (Phi) is 13.1. The normalized spacial score (nSPS) is 19.1. The number of carbonyl (C=O) groups excluding carboxylic acids is 5. The van der Waals surface area contributed by atoms with Crippen LogP contribution >= 0.6 is 0 Å². The van der Waals surface area contributed by atoms with E-state index in [1.807, 2.05) is 0 Å². The lowest BCUT2D eigenvalue weighted by molar-refractivity contribution is -0.144. The summed E-state index contributed by atoms with van der Waals surface area (Å²) in [7, 11) is 0. The molecule has 1 aliphatic heterocycles. The van der Waals surface area contributed by atoms with Crippen molar-refractivity contribution < 1.29 is 48.9 Å². The number of amides is 5. The number of rotatable bonds is 16. The van der Waals surface area contributed by atoms with Gasteiger partial charge < -0.3 is 47.6 Å². The van der Waals surface area contributed by atoms with E-state index in [0.29, 0.717) is 0 Å². The maximum atomic E-state index is 12.9. The highest BCUT2D eigenvalue weighted by Crippen LogP contribution is 2.08. The summed E-state index contributed by atoms with van der Waals surface area (Å²) in [5.74, 6) is -7.20. The molecule has 10 N–H and O–H groups in total. The summed E-state index contributed by atoms with van der Waals surface area (Å²) >= 11 is 0. The van der Waals surface area contributed by atoms with Gasteiger partial charge in [-0.3, -0.25) is 28.8 Å². The molecule has 214 valence electrons. The van der Waals surface area contributed by atoms with Gasteiger partial charge in [0.1, 0.15) is 18.1 Å². The van der Waals surface area contributed by atoms with E-state index >= 15 is 0 Å². The van der Waals surface area contributed by atoms with E-state index in [9.17, 15) is 48.9 Å². The third-order valence-corrected chi connectivity index (χ3v) is 5.51. The van der Waals surface area contributed by atoms with E-state index in [1.165, 1.54) is 0 Å². The Bertz CT molecular complexity index is 911. The van der Waals surface area contributed by atoms with Gasteiger partial charge in [0.2, 0.25) is 29.5 Å². The number of hydrogen-bond acceptors (Lipinski definition) is 9. The van der Waals surface area contributed by atoms with Crippen LogP contribution in [0.25, 0.3) is 0 Å². The van der Waals surface area contributed by atoms with Gasteiger partial charge in [0, 0.05) is 13.0 Å². The largest absolute Gasteiger partial charge is 0.481 e. The number of aliphatic carboxylic acids is 2. The lowest BCUT2D eigenvalue weighted by Gasteiger charge is -2.24. The van der Waals surface area contributed by atoms with Crippen molar-refractivity contribution >= 4 is 41.5 Å². The van der Waals surface area contributed by atoms with E-state index in [0.717, 1.165) is 0 Å². The molecule has 5 atom stereocenters. The van der Waals surface area contributed by atoms with E-state index < -0.39 is 84.7 Å². The van der Waals surface area contributed by atoms with Gasteiger partial charge in [-0.25, -0.2) is 4.79 Å². The number of hydrogen-bond donors (Lipinski definition) is 9. The Morgan fingerprint density at radius 1 is 0.947 bits per heavy atom. The Hall–Kier alpha value is -3.79. The van der Waals surface area contributed by atoms with Crippen LogP contribution in [0, 0.1) is 5.92 Å². The van der Waals surface area contributed by atoms with Crippen LogP contribution in [0.4, 0.5) is 0 Å². The molecule has 0 bridgehead atoms. The molecule has 0 saturated carbocycles. The molecular formula is C22H36N6O10. The van der Waals surface area contributed by atoms with E-state index in [4.69, 9.17) is 5.73 Å². The van der Waals surface area contributed by atoms with E-state index in [-0.39, 0.29) is 38.1 Å². The SMILES string of the molecule is CC(C)C[C@H](NC(=O)[C@H](CC(=O)O)NC(=O)[C@H](CCC(N)=O)NC(=O)CNC(=O)[C@@H]1C[C@@H](O)CN1)C(=O)O. The number of carboxylic acid groups (broad SMARTS) is 2. The van der Waals surface area contributed by atoms with Crippen molar-refractivity contribution in [1.29, 1.82) is 0 Å². The first kappa shape index (κ1) is 32.2. The van der Waals surface area contributed by atoms with Gasteiger partial charge >= 0.3 is 11.9 Å². The number of primary amides is 1. The highest BCUT2D eigenvalue weighted by Gasteiger charge is 2.32. The molecule has 0 aromatic carbocycles. The standard InChI is InChI=1S/C22H36N6O10/c1-10(2)5-15(22(37)38)28-21(36)14(7-18(32)33)27-20(35)12(3-4-16(23)30)26-17(31)9-25-19(34)13-6-11(29)8-24-13/h10-15,24,29H,3-9H2,1-2H3,(H2,23,30)(H,25,34)(H,26,31)(H,27,35)(H,28,36)(H,32,33)(H,37,38)/t11-,12+,13+,14+,15+/m1/s1. The van der Waals surface area contributed by atoms with Crippen LogP contribution in [-0.2, 0) is 33.6 Å². The average molecular weight is 545 g/mol. The molecule has 1 aliphatic rings. The molecular weight excluding hydrogens is 508 g/mol. The fourth-order valence-electron chi connectivity index (χ4n) is 3.63. The molecule has 38 heavy (non-hydrogen) atoms. The first-order chi connectivity index (χ1) is 17.7. The van der Waals surface area contributed by atoms with Crippen LogP contribution in [0.2, 0.25) is 0 Å². The molecule has 0 aromatic heterocycles.